The zero-order chi connectivity index (χ0) is 13.2. The molecule has 1 heterocycles. The Bertz CT molecular complexity index is 427. The van der Waals surface area contributed by atoms with E-state index in [2.05, 4.69) is 22.3 Å². The maximum absolute atomic E-state index is 5.72. The Morgan fingerprint density at radius 3 is 2.50 bits per heavy atom. The van der Waals surface area contributed by atoms with E-state index in [1.165, 1.54) is 0 Å². The predicted octanol–water partition coefficient (Wildman–Crippen LogP) is 2.05. The number of hydrogen-bond donors (Lipinski definition) is 2. The van der Waals surface area contributed by atoms with Crippen LogP contribution in [0.1, 0.15) is 49.7 Å². The number of rotatable bonds is 4. The second-order valence-electron chi connectivity index (χ2n) is 4.86. The average Bonchev–Trinajstić information content (AvgIpc) is 2.87. The molecule has 1 aliphatic rings. The van der Waals surface area contributed by atoms with Crippen molar-refractivity contribution in [1.29, 1.82) is 0 Å². The average molecular weight is 250 g/mol. The first-order valence-electron chi connectivity index (χ1n) is 6.56. The molecular weight excluding hydrogens is 228 g/mol. The predicted molar refractivity (Wildman–Crippen MR) is 71.1 cm³/mol. The third-order valence-electron chi connectivity index (χ3n) is 3.91. The van der Waals surface area contributed by atoms with Crippen LogP contribution in [-0.4, -0.2) is 17.1 Å². The smallest absolute Gasteiger partial charge is 0.162 e. The first-order valence-corrected chi connectivity index (χ1v) is 6.56. The summed E-state index contributed by atoms with van der Waals surface area (Å²) in [5.41, 5.74) is 4.43. The van der Waals surface area contributed by atoms with Gasteiger partial charge in [-0.1, -0.05) is 6.92 Å². The maximum atomic E-state index is 5.72. The fourth-order valence-electron chi connectivity index (χ4n) is 2.81. The molecule has 0 aliphatic heterocycles. The van der Waals surface area contributed by atoms with Gasteiger partial charge in [0.15, 0.2) is 5.82 Å². The Balaban J connectivity index is 2.48. The van der Waals surface area contributed by atoms with Gasteiger partial charge in [-0.2, -0.15) is 0 Å². The van der Waals surface area contributed by atoms with Crippen molar-refractivity contribution in [3.05, 3.63) is 17.1 Å². The van der Waals surface area contributed by atoms with Crippen molar-refractivity contribution in [3.63, 3.8) is 0 Å². The highest BCUT2D eigenvalue weighted by atomic mass is 16.5. The Hall–Kier alpha value is -1.20. The number of nitrogens with one attached hydrogen (secondary N) is 1. The van der Waals surface area contributed by atoms with Gasteiger partial charge in [-0.05, 0) is 39.0 Å². The van der Waals surface area contributed by atoms with Crippen LogP contribution < -0.4 is 11.3 Å². The first kappa shape index (κ1) is 13.2. The number of hydrogen-bond acceptors (Lipinski definition) is 5. The minimum absolute atomic E-state index is 0.317. The summed E-state index contributed by atoms with van der Waals surface area (Å²) in [5.74, 6) is 7.06. The van der Waals surface area contributed by atoms with E-state index in [-0.39, 0.29) is 5.60 Å². The molecule has 1 aromatic heterocycles. The van der Waals surface area contributed by atoms with Gasteiger partial charge in [0, 0.05) is 18.4 Å². The molecule has 2 rings (SSSR count). The van der Waals surface area contributed by atoms with Gasteiger partial charge in [-0.15, -0.1) is 0 Å². The normalized spacial score (nSPS) is 18.0. The lowest BCUT2D eigenvalue weighted by molar-refractivity contribution is -0.0163. The summed E-state index contributed by atoms with van der Waals surface area (Å²) < 4.78 is 5.72. The number of hydrazine groups is 1. The quantitative estimate of drug-likeness (QED) is 0.632. The number of ether oxygens (including phenoxy) is 1. The largest absolute Gasteiger partial charge is 0.370 e. The molecule has 0 atom stereocenters. The molecule has 0 saturated heterocycles. The summed E-state index contributed by atoms with van der Waals surface area (Å²) in [6, 6.07) is 0. The Morgan fingerprint density at radius 1 is 1.33 bits per heavy atom. The van der Waals surface area contributed by atoms with Crippen LogP contribution in [0.5, 0.6) is 0 Å². The molecule has 0 radical (unpaired) electrons. The topological polar surface area (TPSA) is 73.1 Å². The Morgan fingerprint density at radius 2 is 2.00 bits per heavy atom. The molecule has 0 bridgehead atoms. The fraction of sp³-hybridized carbons (Fsp3) is 0.692. The number of nitrogens with zero attached hydrogens (tertiary/aromatic N) is 2. The van der Waals surface area contributed by atoms with Crippen molar-refractivity contribution in [2.75, 3.05) is 12.5 Å². The van der Waals surface area contributed by atoms with E-state index in [0.717, 1.165) is 55.0 Å². The minimum Gasteiger partial charge on any atom is -0.370 e. The van der Waals surface area contributed by atoms with Gasteiger partial charge in [0.05, 0.1) is 0 Å². The minimum atomic E-state index is -0.317. The van der Waals surface area contributed by atoms with Crippen LogP contribution in [0.3, 0.4) is 0 Å². The molecule has 5 nitrogen and oxygen atoms in total. The van der Waals surface area contributed by atoms with Crippen molar-refractivity contribution in [2.45, 2.75) is 51.6 Å². The van der Waals surface area contributed by atoms with Gasteiger partial charge < -0.3 is 10.2 Å². The molecule has 18 heavy (non-hydrogen) atoms. The molecule has 1 saturated carbocycles. The van der Waals surface area contributed by atoms with E-state index in [1.54, 1.807) is 7.11 Å². The summed E-state index contributed by atoms with van der Waals surface area (Å²) in [5, 5.41) is 0. The summed E-state index contributed by atoms with van der Waals surface area (Å²) in [4.78, 5) is 9.22. The molecule has 1 aliphatic carbocycles. The van der Waals surface area contributed by atoms with Gasteiger partial charge in [0.2, 0.25) is 0 Å². The van der Waals surface area contributed by atoms with Gasteiger partial charge in [-0.3, -0.25) is 0 Å². The second-order valence-corrected chi connectivity index (χ2v) is 4.86. The number of methoxy groups -OCH3 is 1. The Kier molecular flexibility index (Phi) is 3.82. The SMILES string of the molecule is CCc1c(C)nc(C2(OC)CCCC2)nc1NN. The standard InChI is InChI=1S/C13H22N4O/c1-4-10-9(2)15-12(16-11(10)17-14)13(18-3)7-5-6-8-13/h4-8,14H2,1-3H3,(H,15,16,17). The van der Waals surface area contributed by atoms with Crippen molar-refractivity contribution >= 4 is 5.82 Å². The van der Waals surface area contributed by atoms with Crippen LogP contribution in [0.4, 0.5) is 5.82 Å². The van der Waals surface area contributed by atoms with Crippen LogP contribution in [0.2, 0.25) is 0 Å². The van der Waals surface area contributed by atoms with Crippen LogP contribution in [0.25, 0.3) is 0 Å². The third kappa shape index (κ3) is 2.08. The molecule has 1 fully saturated rings. The van der Waals surface area contributed by atoms with Crippen LogP contribution in [-0.2, 0) is 16.8 Å². The highest BCUT2D eigenvalue weighted by Gasteiger charge is 2.39. The third-order valence-corrected chi connectivity index (χ3v) is 3.91. The number of aromatic nitrogens is 2. The molecule has 100 valence electrons. The van der Waals surface area contributed by atoms with E-state index in [4.69, 9.17) is 10.6 Å². The van der Waals surface area contributed by atoms with E-state index >= 15 is 0 Å². The molecule has 1 aromatic rings. The lowest BCUT2D eigenvalue weighted by atomic mass is 10.00. The lowest BCUT2D eigenvalue weighted by Gasteiger charge is -2.27. The van der Waals surface area contributed by atoms with E-state index in [1.807, 2.05) is 6.92 Å². The molecule has 0 unspecified atom stereocenters. The van der Waals surface area contributed by atoms with Crippen molar-refractivity contribution < 1.29 is 4.74 Å². The second kappa shape index (κ2) is 5.20. The number of nitrogens with two attached hydrogens (primary N) is 1. The number of anilines is 1. The van der Waals surface area contributed by atoms with Crippen LogP contribution in [0, 0.1) is 6.92 Å². The molecule has 0 spiro atoms. The van der Waals surface area contributed by atoms with Gasteiger partial charge in [0.25, 0.3) is 0 Å². The summed E-state index contributed by atoms with van der Waals surface area (Å²) in [6.45, 7) is 4.08. The highest BCUT2D eigenvalue weighted by molar-refractivity contribution is 5.46. The van der Waals surface area contributed by atoms with Crippen molar-refractivity contribution in [3.8, 4) is 0 Å². The molecule has 0 amide bonds. The van der Waals surface area contributed by atoms with Crippen molar-refractivity contribution in [2.24, 2.45) is 5.84 Å². The monoisotopic (exact) mass is 250 g/mol. The fourth-order valence-corrected chi connectivity index (χ4v) is 2.81. The van der Waals surface area contributed by atoms with Gasteiger partial charge in [0.1, 0.15) is 11.4 Å². The van der Waals surface area contributed by atoms with Crippen LogP contribution >= 0.6 is 0 Å². The maximum Gasteiger partial charge on any atom is 0.162 e. The number of nitrogen functional groups attached to an aromatic ring is 1. The summed E-state index contributed by atoms with van der Waals surface area (Å²) in [6.07, 6.45) is 5.16. The molecule has 5 heteroatoms. The first-order chi connectivity index (χ1) is 8.66. The van der Waals surface area contributed by atoms with E-state index in [0.29, 0.717) is 0 Å². The molecular formula is C13H22N4O. The summed E-state index contributed by atoms with van der Waals surface area (Å²) >= 11 is 0. The van der Waals surface area contributed by atoms with E-state index < -0.39 is 0 Å². The summed E-state index contributed by atoms with van der Waals surface area (Å²) in [7, 11) is 1.74. The van der Waals surface area contributed by atoms with Crippen molar-refractivity contribution in [1.82, 2.24) is 9.97 Å². The van der Waals surface area contributed by atoms with Gasteiger partial charge in [-0.25, -0.2) is 15.8 Å². The zero-order valence-corrected chi connectivity index (χ0v) is 11.4. The van der Waals surface area contributed by atoms with E-state index in [9.17, 15) is 0 Å². The Labute approximate surface area is 108 Å². The highest BCUT2D eigenvalue weighted by Crippen LogP contribution is 2.40. The molecule has 0 aromatic carbocycles. The van der Waals surface area contributed by atoms with Crippen LogP contribution in [0.15, 0.2) is 0 Å². The zero-order valence-electron chi connectivity index (χ0n) is 11.4. The van der Waals surface area contributed by atoms with Gasteiger partial charge >= 0.3 is 0 Å². The lowest BCUT2D eigenvalue weighted by Crippen LogP contribution is -2.29. The number of aryl methyl sites for hydroxylation is 1. The molecule has 3 N–H and O–H groups in total.